The largest absolute Gasteiger partial charge is 0.467 e. The first-order valence-corrected chi connectivity index (χ1v) is 10.5. The van der Waals surface area contributed by atoms with Gasteiger partial charge in [-0.25, -0.2) is 19.9 Å². The van der Waals surface area contributed by atoms with Crippen molar-refractivity contribution in [2.24, 2.45) is 0 Å². The molecule has 4 heterocycles. The number of imidazole rings is 1. The van der Waals surface area contributed by atoms with E-state index in [1.807, 2.05) is 33.7 Å². The number of methoxy groups -OCH3 is 1. The van der Waals surface area contributed by atoms with Crippen LogP contribution in [-0.4, -0.2) is 68.6 Å². The van der Waals surface area contributed by atoms with E-state index < -0.39 is 0 Å². The Balaban J connectivity index is 1.27. The van der Waals surface area contributed by atoms with E-state index in [4.69, 9.17) is 4.74 Å². The van der Waals surface area contributed by atoms with E-state index in [0.717, 1.165) is 41.1 Å². The Kier molecular flexibility index (Phi) is 5.37. The van der Waals surface area contributed by atoms with Gasteiger partial charge in [0.25, 0.3) is 0 Å². The summed E-state index contributed by atoms with van der Waals surface area (Å²) in [5.74, 6) is 0.0754. The van der Waals surface area contributed by atoms with E-state index in [-0.39, 0.29) is 12.5 Å². The minimum Gasteiger partial charge on any atom is -0.467 e. The number of pyridine rings is 1. The zero-order valence-electron chi connectivity index (χ0n) is 17.8. The molecular formula is C23H23N7O2. The highest BCUT2D eigenvalue weighted by atomic mass is 16.5. The van der Waals surface area contributed by atoms with Gasteiger partial charge in [0.05, 0.1) is 13.4 Å². The van der Waals surface area contributed by atoms with Crippen LogP contribution in [0.1, 0.15) is 0 Å². The number of anilines is 1. The molecule has 1 aromatic carbocycles. The fourth-order valence-electron chi connectivity index (χ4n) is 4.01. The number of hydrogen-bond donors (Lipinski definition) is 0. The zero-order valence-corrected chi connectivity index (χ0v) is 17.8. The van der Waals surface area contributed by atoms with Crippen LogP contribution < -0.4 is 9.64 Å². The summed E-state index contributed by atoms with van der Waals surface area (Å²) in [6, 6.07) is 12.3. The maximum atomic E-state index is 12.9. The number of nitrogens with zero attached hydrogens (tertiary/aromatic N) is 7. The summed E-state index contributed by atoms with van der Waals surface area (Å²) in [5.41, 5.74) is 4.63. The predicted octanol–water partition coefficient (Wildman–Crippen LogP) is 2.25. The molecule has 3 aromatic heterocycles. The van der Waals surface area contributed by atoms with Crippen LogP contribution in [0.5, 0.6) is 6.01 Å². The van der Waals surface area contributed by atoms with Gasteiger partial charge in [0.15, 0.2) is 5.65 Å². The van der Waals surface area contributed by atoms with Crippen LogP contribution in [-0.2, 0) is 11.3 Å². The molecule has 9 nitrogen and oxygen atoms in total. The lowest BCUT2D eigenvalue weighted by Gasteiger charge is -2.37. The zero-order chi connectivity index (χ0) is 21.9. The van der Waals surface area contributed by atoms with Crippen molar-refractivity contribution in [3.05, 3.63) is 61.3 Å². The monoisotopic (exact) mass is 429 g/mol. The van der Waals surface area contributed by atoms with Crippen molar-refractivity contribution in [2.45, 2.75) is 6.54 Å². The highest BCUT2D eigenvalue weighted by Gasteiger charge is 2.23. The van der Waals surface area contributed by atoms with Crippen LogP contribution in [0.4, 0.5) is 5.69 Å². The third kappa shape index (κ3) is 3.84. The van der Waals surface area contributed by atoms with Crippen LogP contribution in [0.25, 0.3) is 22.3 Å². The average Bonchev–Trinajstić information content (AvgIpc) is 3.27. The van der Waals surface area contributed by atoms with Gasteiger partial charge in [-0.3, -0.25) is 4.79 Å². The summed E-state index contributed by atoms with van der Waals surface area (Å²) in [5, 5.41) is 0. The van der Waals surface area contributed by atoms with E-state index in [0.29, 0.717) is 19.1 Å². The number of benzene rings is 1. The second-order valence-electron chi connectivity index (χ2n) is 7.56. The first kappa shape index (κ1) is 19.9. The van der Waals surface area contributed by atoms with E-state index in [1.54, 1.807) is 32.0 Å². The molecule has 0 spiro atoms. The number of piperazine rings is 1. The Morgan fingerprint density at radius 1 is 0.969 bits per heavy atom. The van der Waals surface area contributed by atoms with Crippen molar-refractivity contribution in [2.75, 3.05) is 38.2 Å². The SMILES string of the molecule is COc1ncc(-c2ccccc2N2CCN(C(=O)Cn3cnc4cccnc43)CC2)cn1. The van der Waals surface area contributed by atoms with Gasteiger partial charge in [-0.05, 0) is 18.2 Å². The topological polar surface area (TPSA) is 89.3 Å². The molecule has 9 heteroatoms. The maximum Gasteiger partial charge on any atom is 0.316 e. The van der Waals surface area contributed by atoms with Gasteiger partial charge in [0.1, 0.15) is 12.1 Å². The van der Waals surface area contributed by atoms with E-state index in [1.165, 1.54) is 0 Å². The van der Waals surface area contributed by atoms with Gasteiger partial charge in [-0.15, -0.1) is 0 Å². The Labute approximate surface area is 185 Å². The molecule has 1 fully saturated rings. The molecule has 0 bridgehead atoms. The highest BCUT2D eigenvalue weighted by molar-refractivity contribution is 5.80. The summed E-state index contributed by atoms with van der Waals surface area (Å²) in [4.78, 5) is 34.2. The quantitative estimate of drug-likeness (QED) is 0.481. The second kappa shape index (κ2) is 8.62. The lowest BCUT2D eigenvalue weighted by atomic mass is 10.1. The van der Waals surface area contributed by atoms with Crippen molar-refractivity contribution >= 4 is 22.8 Å². The lowest BCUT2D eigenvalue weighted by molar-refractivity contribution is -0.132. The summed E-state index contributed by atoms with van der Waals surface area (Å²) in [7, 11) is 1.55. The molecule has 0 aliphatic carbocycles. The van der Waals surface area contributed by atoms with Gasteiger partial charge >= 0.3 is 6.01 Å². The molecule has 4 aromatic rings. The molecule has 32 heavy (non-hydrogen) atoms. The number of aromatic nitrogens is 5. The number of amides is 1. The number of para-hydroxylation sites is 1. The molecule has 0 radical (unpaired) electrons. The number of ether oxygens (including phenoxy) is 1. The van der Waals surface area contributed by atoms with Crippen molar-refractivity contribution in [1.29, 1.82) is 0 Å². The van der Waals surface area contributed by atoms with Crippen LogP contribution in [0.15, 0.2) is 61.3 Å². The van der Waals surface area contributed by atoms with Crippen LogP contribution >= 0.6 is 0 Å². The first-order chi connectivity index (χ1) is 15.7. The van der Waals surface area contributed by atoms with Crippen LogP contribution in [0.3, 0.4) is 0 Å². The Morgan fingerprint density at radius 3 is 2.53 bits per heavy atom. The number of rotatable bonds is 5. The minimum atomic E-state index is 0.0754. The van der Waals surface area contributed by atoms with E-state index >= 15 is 0 Å². The first-order valence-electron chi connectivity index (χ1n) is 10.5. The number of hydrogen-bond acceptors (Lipinski definition) is 7. The van der Waals surface area contributed by atoms with Gasteiger partial charge in [0, 0.05) is 61.6 Å². The van der Waals surface area contributed by atoms with Crippen LogP contribution in [0, 0.1) is 0 Å². The van der Waals surface area contributed by atoms with E-state index in [9.17, 15) is 4.79 Å². The van der Waals surface area contributed by atoms with Gasteiger partial charge in [-0.1, -0.05) is 18.2 Å². The Morgan fingerprint density at radius 2 is 1.75 bits per heavy atom. The average molecular weight is 429 g/mol. The fraction of sp³-hybridized carbons (Fsp3) is 0.261. The van der Waals surface area contributed by atoms with Crippen molar-refractivity contribution in [3.8, 4) is 17.1 Å². The van der Waals surface area contributed by atoms with Crippen LogP contribution in [0.2, 0.25) is 0 Å². The number of fused-ring (bicyclic) bond motifs is 1. The second-order valence-corrected chi connectivity index (χ2v) is 7.56. The minimum absolute atomic E-state index is 0.0754. The van der Waals surface area contributed by atoms with Crippen molar-refractivity contribution in [3.63, 3.8) is 0 Å². The maximum absolute atomic E-state index is 12.9. The molecule has 0 atom stereocenters. The standard InChI is InChI=1S/C23H23N7O2/c1-32-23-25-13-17(14-26-23)18-5-2-3-7-20(18)28-9-11-29(12-10-28)21(31)15-30-16-27-19-6-4-8-24-22(19)30/h2-8,13-14,16H,9-12,15H2,1H3. The molecular weight excluding hydrogens is 406 g/mol. The van der Waals surface area contributed by atoms with E-state index in [2.05, 4.69) is 37.0 Å². The third-order valence-corrected chi connectivity index (χ3v) is 5.68. The van der Waals surface area contributed by atoms with Gasteiger partial charge in [-0.2, -0.15) is 0 Å². The Hall–Kier alpha value is -4.01. The summed E-state index contributed by atoms with van der Waals surface area (Å²) >= 11 is 0. The molecule has 1 saturated heterocycles. The highest BCUT2D eigenvalue weighted by Crippen LogP contribution is 2.31. The molecule has 1 aliphatic heterocycles. The third-order valence-electron chi connectivity index (χ3n) is 5.68. The number of carbonyl (C=O) groups excluding carboxylic acids is 1. The molecule has 0 saturated carbocycles. The summed E-state index contributed by atoms with van der Waals surface area (Å²) in [6.07, 6.45) is 6.94. The fourth-order valence-corrected chi connectivity index (χ4v) is 4.01. The molecule has 1 amide bonds. The summed E-state index contributed by atoms with van der Waals surface area (Å²) < 4.78 is 6.88. The smallest absolute Gasteiger partial charge is 0.316 e. The molecule has 1 aliphatic rings. The number of carbonyl (C=O) groups is 1. The van der Waals surface area contributed by atoms with Gasteiger partial charge < -0.3 is 19.1 Å². The summed E-state index contributed by atoms with van der Waals surface area (Å²) in [6.45, 7) is 3.07. The normalized spacial score (nSPS) is 14.0. The predicted molar refractivity (Wildman–Crippen MR) is 120 cm³/mol. The molecule has 0 N–H and O–H groups in total. The lowest BCUT2D eigenvalue weighted by Crippen LogP contribution is -2.49. The molecule has 162 valence electrons. The van der Waals surface area contributed by atoms with Gasteiger partial charge in [0.2, 0.25) is 5.91 Å². The van der Waals surface area contributed by atoms with Crippen molar-refractivity contribution < 1.29 is 9.53 Å². The van der Waals surface area contributed by atoms with Crippen molar-refractivity contribution in [1.82, 2.24) is 29.4 Å². The molecule has 5 rings (SSSR count). The Bertz CT molecular complexity index is 1230. The molecule has 0 unspecified atom stereocenters.